The molecule has 11 aromatic rings. The maximum absolute atomic E-state index is 8.32. The van der Waals surface area contributed by atoms with Crippen LogP contribution in [-0.2, 0) is 0 Å². The van der Waals surface area contributed by atoms with Gasteiger partial charge in [0.05, 0.1) is 39.8 Å². The monoisotopic (exact) mass is 674 g/mol. The fraction of sp³-hybridized carbons (Fsp3) is 0. The Morgan fingerprint density at radius 2 is 0.887 bits per heavy atom. The lowest BCUT2D eigenvalue weighted by Gasteiger charge is -2.15. The molecule has 0 spiro atoms. The van der Waals surface area contributed by atoms with Crippen molar-refractivity contribution < 1.29 is 0 Å². The first-order valence-corrected chi connectivity index (χ1v) is 17.9. The average molecular weight is 675 g/mol. The molecule has 8 aromatic carbocycles. The van der Waals surface area contributed by atoms with Crippen molar-refractivity contribution in [3.8, 4) is 28.2 Å². The summed E-state index contributed by atoms with van der Waals surface area (Å²) in [6.45, 7) is 8.32. The molecule has 3 aromatic heterocycles. The molecule has 0 atom stereocenters. The van der Waals surface area contributed by atoms with Crippen LogP contribution < -0.4 is 0 Å². The summed E-state index contributed by atoms with van der Waals surface area (Å²) >= 11 is 0. The third-order valence-electron chi connectivity index (χ3n) is 10.8. The number of rotatable bonds is 4. The largest absolute Gasteiger partial charge is 0.310 e. The van der Waals surface area contributed by atoms with Gasteiger partial charge in [0.2, 0.25) is 0 Å². The van der Waals surface area contributed by atoms with Crippen molar-refractivity contribution in [3.05, 3.63) is 193 Å². The summed E-state index contributed by atoms with van der Waals surface area (Å²) < 4.78 is 7.08. The highest BCUT2D eigenvalue weighted by Gasteiger charge is 2.23. The Balaban J connectivity index is 1.22. The minimum atomic E-state index is 0.655. The van der Waals surface area contributed by atoms with Crippen LogP contribution in [0.1, 0.15) is 0 Å². The zero-order valence-corrected chi connectivity index (χ0v) is 28.6. The highest BCUT2D eigenvalue weighted by molar-refractivity contribution is 6.31. The van der Waals surface area contributed by atoms with Gasteiger partial charge in [-0.1, -0.05) is 109 Å². The summed E-state index contributed by atoms with van der Waals surface area (Å²) in [4.78, 5) is 4.11. The highest BCUT2D eigenvalue weighted by atomic mass is 15.0. The van der Waals surface area contributed by atoms with E-state index < -0.39 is 0 Å². The molecule has 246 valence electrons. The van der Waals surface area contributed by atoms with Crippen molar-refractivity contribution in [1.29, 1.82) is 0 Å². The van der Waals surface area contributed by atoms with Gasteiger partial charge in [0.25, 0.3) is 0 Å². The molecule has 0 aliphatic rings. The van der Waals surface area contributed by atoms with Gasteiger partial charge in [-0.15, -0.1) is 0 Å². The quantitative estimate of drug-likeness (QED) is 0.166. The molecule has 0 N–H and O–H groups in total. The van der Waals surface area contributed by atoms with Crippen molar-refractivity contribution in [2.45, 2.75) is 0 Å². The zero-order chi connectivity index (χ0) is 35.0. The van der Waals surface area contributed by atoms with Crippen LogP contribution in [0.5, 0.6) is 0 Å². The fourth-order valence-corrected chi connectivity index (χ4v) is 8.71. The smallest absolute Gasteiger partial charge is 0.197 e. The molecule has 0 fully saturated rings. The first-order chi connectivity index (χ1) is 26.3. The molecule has 0 aliphatic heterocycles. The fourth-order valence-electron chi connectivity index (χ4n) is 8.71. The topological polar surface area (TPSA) is 19.1 Å². The molecule has 53 heavy (non-hydrogen) atoms. The maximum atomic E-state index is 8.32. The molecule has 11 rings (SSSR count). The van der Waals surface area contributed by atoms with Crippen LogP contribution in [0.4, 0.5) is 5.69 Å². The summed E-state index contributed by atoms with van der Waals surface area (Å²) in [6.07, 6.45) is 0. The SMILES string of the molecule is [C-]#[N+]c1cccc2c1c1c3c4ccccc4n(-c4ccccc4)c3ccc1n2-c1ccccc1-c1ccc2c(c1)c1ccccc1n2-c1ccccc1. The van der Waals surface area contributed by atoms with Crippen LogP contribution >= 0.6 is 0 Å². The van der Waals surface area contributed by atoms with E-state index in [-0.39, 0.29) is 0 Å². The van der Waals surface area contributed by atoms with Crippen LogP contribution in [0.3, 0.4) is 0 Å². The van der Waals surface area contributed by atoms with Gasteiger partial charge in [-0.05, 0) is 78.4 Å². The lowest BCUT2D eigenvalue weighted by molar-refractivity contribution is 1.17. The Hall–Kier alpha value is -7.35. The van der Waals surface area contributed by atoms with E-state index in [0.29, 0.717) is 5.69 Å². The average Bonchev–Trinajstić information content (AvgIpc) is 3.87. The number of para-hydroxylation sites is 5. The standard InChI is InChI=1S/C49H30N4/c1-50-39-22-14-26-44-48(39)49-46(30-29-45-47(49)37-21-10-13-25-42(37)52(45)34-17-6-3-7-18-34)53(44)40-23-11-8-19-35(40)32-27-28-43-38(31-32)36-20-9-12-24-41(36)51(43)33-15-4-2-5-16-33/h2-31H. The molecule has 4 heteroatoms. The van der Waals surface area contributed by atoms with E-state index in [1.165, 1.54) is 27.2 Å². The molecule has 0 aliphatic carbocycles. The Morgan fingerprint density at radius 1 is 0.358 bits per heavy atom. The highest BCUT2D eigenvalue weighted by Crippen LogP contribution is 2.46. The van der Waals surface area contributed by atoms with Gasteiger partial charge in [0.1, 0.15) is 0 Å². The van der Waals surface area contributed by atoms with Crippen molar-refractivity contribution in [2.75, 3.05) is 0 Å². The Kier molecular flexibility index (Phi) is 6.28. The van der Waals surface area contributed by atoms with E-state index in [9.17, 15) is 0 Å². The first kappa shape index (κ1) is 29.4. The molecule has 0 bridgehead atoms. The third kappa shape index (κ3) is 4.16. The normalized spacial score (nSPS) is 11.8. The van der Waals surface area contributed by atoms with Crippen LogP contribution in [-0.4, -0.2) is 13.7 Å². The molecule has 3 heterocycles. The Bertz CT molecular complexity index is 3280. The first-order valence-electron chi connectivity index (χ1n) is 17.9. The van der Waals surface area contributed by atoms with E-state index in [4.69, 9.17) is 6.57 Å². The van der Waals surface area contributed by atoms with Crippen LogP contribution in [0.15, 0.2) is 182 Å². The third-order valence-corrected chi connectivity index (χ3v) is 10.8. The summed E-state index contributed by atoms with van der Waals surface area (Å²) in [6, 6.07) is 64.7. The van der Waals surface area contributed by atoms with Gasteiger partial charge in [-0.2, -0.15) is 0 Å². The van der Waals surface area contributed by atoms with E-state index in [1.807, 2.05) is 12.1 Å². The molecule has 0 saturated carbocycles. The van der Waals surface area contributed by atoms with E-state index >= 15 is 0 Å². The minimum Gasteiger partial charge on any atom is -0.310 e. The van der Waals surface area contributed by atoms with Crippen molar-refractivity contribution in [3.63, 3.8) is 0 Å². The molecular formula is C49H30N4. The van der Waals surface area contributed by atoms with Crippen LogP contribution in [0.25, 0.3) is 98.5 Å². The second-order valence-electron chi connectivity index (χ2n) is 13.6. The second-order valence-corrected chi connectivity index (χ2v) is 13.6. The summed E-state index contributed by atoms with van der Waals surface area (Å²) in [5.74, 6) is 0. The van der Waals surface area contributed by atoms with Crippen molar-refractivity contribution in [1.82, 2.24) is 13.7 Å². The van der Waals surface area contributed by atoms with Gasteiger partial charge >= 0.3 is 0 Å². The molecule has 0 radical (unpaired) electrons. The van der Waals surface area contributed by atoms with Gasteiger partial charge in [0.15, 0.2) is 5.69 Å². The van der Waals surface area contributed by atoms with Gasteiger partial charge in [0, 0.05) is 54.8 Å². The number of hydrogen-bond donors (Lipinski definition) is 0. The predicted molar refractivity (Wildman–Crippen MR) is 221 cm³/mol. The number of hydrogen-bond acceptors (Lipinski definition) is 0. The zero-order valence-electron chi connectivity index (χ0n) is 28.6. The Labute approximate surface area is 305 Å². The lowest BCUT2D eigenvalue weighted by Crippen LogP contribution is -1.97. The van der Waals surface area contributed by atoms with Crippen molar-refractivity contribution in [2.24, 2.45) is 0 Å². The summed E-state index contributed by atoms with van der Waals surface area (Å²) in [5.41, 5.74) is 13.0. The lowest BCUT2D eigenvalue weighted by atomic mass is 10.0. The summed E-state index contributed by atoms with van der Waals surface area (Å²) in [5, 5.41) is 6.85. The molecule has 4 nitrogen and oxygen atoms in total. The second kappa shape index (κ2) is 11.3. The van der Waals surface area contributed by atoms with E-state index in [2.05, 4.69) is 188 Å². The molecule has 0 unspecified atom stereocenters. The van der Waals surface area contributed by atoms with Crippen LogP contribution in [0, 0.1) is 6.57 Å². The minimum absolute atomic E-state index is 0.655. The van der Waals surface area contributed by atoms with Crippen molar-refractivity contribution >= 4 is 71.1 Å². The van der Waals surface area contributed by atoms with E-state index in [0.717, 1.165) is 66.4 Å². The number of benzene rings is 8. The Morgan fingerprint density at radius 3 is 1.62 bits per heavy atom. The number of nitrogens with zero attached hydrogens (tertiary/aromatic N) is 4. The summed E-state index contributed by atoms with van der Waals surface area (Å²) in [7, 11) is 0. The van der Waals surface area contributed by atoms with Gasteiger partial charge in [-0.25, -0.2) is 4.85 Å². The molecule has 0 amide bonds. The predicted octanol–water partition coefficient (Wildman–Crippen LogP) is 13.2. The van der Waals surface area contributed by atoms with Crippen LogP contribution in [0.2, 0.25) is 0 Å². The van der Waals surface area contributed by atoms with E-state index in [1.54, 1.807) is 0 Å². The van der Waals surface area contributed by atoms with Gasteiger partial charge in [-0.3, -0.25) is 0 Å². The molecular weight excluding hydrogens is 645 g/mol. The number of aromatic nitrogens is 3. The molecule has 0 saturated heterocycles. The maximum Gasteiger partial charge on any atom is 0.197 e. The van der Waals surface area contributed by atoms with Gasteiger partial charge < -0.3 is 13.7 Å². The number of fused-ring (bicyclic) bond motifs is 10.